The Kier molecular flexibility index (Phi) is 4.92. The van der Waals surface area contributed by atoms with Crippen LogP contribution >= 0.6 is 0 Å². The molecule has 2 aromatic carbocycles. The topological polar surface area (TPSA) is 113 Å². The molecule has 3 N–H and O–H groups in total. The summed E-state index contributed by atoms with van der Waals surface area (Å²) in [4.78, 5) is 26.8. The summed E-state index contributed by atoms with van der Waals surface area (Å²) in [5.41, 5.74) is 2.83. The molecule has 0 radical (unpaired) electrons. The maximum Gasteiger partial charge on any atom is 0.434 e. The molecule has 4 aromatic rings. The number of aromatic nitrogens is 3. The number of carbonyl (C=O) groups excluding carboxylic acids is 1. The van der Waals surface area contributed by atoms with Crippen molar-refractivity contribution in [1.82, 2.24) is 20.5 Å². The fraction of sp³-hybridized carbons (Fsp3) is 0.150. The van der Waals surface area contributed by atoms with Crippen molar-refractivity contribution in [3.05, 3.63) is 88.4 Å². The van der Waals surface area contributed by atoms with E-state index in [2.05, 4.69) is 20.5 Å². The third-order valence-corrected chi connectivity index (χ3v) is 4.34. The summed E-state index contributed by atoms with van der Waals surface area (Å²) in [5.74, 6) is -0.683. The molecule has 28 heavy (non-hydrogen) atoms. The first-order chi connectivity index (χ1) is 13.7. The lowest BCUT2D eigenvalue weighted by atomic mass is 10.1. The number of para-hydroxylation sites is 1. The van der Waals surface area contributed by atoms with Crippen LogP contribution in [0.15, 0.2) is 70.0 Å². The monoisotopic (exact) mass is 378 g/mol. The first-order valence-electron chi connectivity index (χ1n) is 8.78. The molecule has 8 heteroatoms. The third-order valence-electron chi connectivity index (χ3n) is 4.34. The molecular weight excluding hydrogens is 360 g/mol. The number of amides is 1. The number of rotatable bonds is 6. The number of benzene rings is 2. The fourth-order valence-electron chi connectivity index (χ4n) is 3.00. The minimum atomic E-state index is -0.853. The van der Waals surface area contributed by atoms with Crippen molar-refractivity contribution >= 4 is 17.0 Å². The quantitative estimate of drug-likeness (QED) is 0.477. The maximum absolute atomic E-state index is 12.3. The third kappa shape index (κ3) is 3.96. The first-order valence-corrected chi connectivity index (χ1v) is 8.78. The molecule has 2 aromatic heterocycles. The number of ether oxygens (including phenoxy) is 1. The largest absolute Gasteiger partial charge is 0.436 e. The van der Waals surface area contributed by atoms with Gasteiger partial charge in [-0.15, -0.1) is 5.10 Å². The van der Waals surface area contributed by atoms with E-state index in [9.17, 15) is 9.59 Å². The molecule has 0 bridgehead atoms. The minimum absolute atomic E-state index is 0.0187. The lowest BCUT2D eigenvalue weighted by molar-refractivity contribution is 0.0804. The zero-order valence-corrected chi connectivity index (χ0v) is 14.8. The summed E-state index contributed by atoms with van der Waals surface area (Å²) in [6.07, 6.45) is 0.665. The molecule has 4 rings (SSSR count). The normalized spacial score (nSPS) is 12.0. The van der Waals surface area contributed by atoms with Gasteiger partial charge in [0.25, 0.3) is 5.89 Å². The highest BCUT2D eigenvalue weighted by Crippen LogP contribution is 2.25. The first kappa shape index (κ1) is 17.6. The van der Waals surface area contributed by atoms with Gasteiger partial charge >= 0.3 is 11.8 Å². The average molecular weight is 378 g/mol. The smallest absolute Gasteiger partial charge is 0.434 e. The number of nitrogens with one attached hydrogen (secondary N) is 3. The lowest BCUT2D eigenvalue weighted by Gasteiger charge is -2.15. The summed E-state index contributed by atoms with van der Waals surface area (Å²) < 4.78 is 10.5. The molecule has 0 unspecified atom stereocenters. The van der Waals surface area contributed by atoms with E-state index >= 15 is 0 Å². The van der Waals surface area contributed by atoms with Crippen molar-refractivity contribution in [3.8, 4) is 0 Å². The minimum Gasteiger partial charge on any atom is -0.436 e. The molecule has 0 aliphatic carbocycles. The van der Waals surface area contributed by atoms with Gasteiger partial charge < -0.3 is 19.5 Å². The zero-order chi connectivity index (χ0) is 19.3. The van der Waals surface area contributed by atoms with Gasteiger partial charge in [0, 0.05) is 30.1 Å². The van der Waals surface area contributed by atoms with Crippen molar-refractivity contribution in [2.45, 2.75) is 19.1 Å². The lowest BCUT2D eigenvalue weighted by Crippen LogP contribution is -2.26. The van der Waals surface area contributed by atoms with Crippen molar-refractivity contribution < 1.29 is 13.9 Å². The van der Waals surface area contributed by atoms with Gasteiger partial charge in [0.2, 0.25) is 0 Å². The Bertz CT molecular complexity index is 1130. The number of H-pyrrole nitrogens is 2. The van der Waals surface area contributed by atoms with Gasteiger partial charge in [0.05, 0.1) is 0 Å². The van der Waals surface area contributed by atoms with Crippen molar-refractivity contribution in [3.63, 3.8) is 0 Å². The van der Waals surface area contributed by atoms with E-state index in [0.717, 1.165) is 22.0 Å². The molecule has 0 saturated heterocycles. The van der Waals surface area contributed by atoms with E-state index in [0.29, 0.717) is 13.0 Å². The van der Waals surface area contributed by atoms with Crippen LogP contribution in [0.25, 0.3) is 10.9 Å². The molecule has 1 atom stereocenters. The molecule has 0 aliphatic heterocycles. The molecule has 0 spiro atoms. The second-order valence-corrected chi connectivity index (χ2v) is 6.25. The number of fused-ring (bicyclic) bond motifs is 1. The molecule has 142 valence electrons. The molecule has 0 aliphatic rings. The Morgan fingerprint density at radius 3 is 2.71 bits per heavy atom. The molecule has 8 nitrogen and oxygen atoms in total. The second-order valence-electron chi connectivity index (χ2n) is 6.25. The number of carbonyl (C=O) groups is 1. The van der Waals surface area contributed by atoms with Crippen LogP contribution in [0.2, 0.25) is 0 Å². The Hall–Kier alpha value is -3.81. The van der Waals surface area contributed by atoms with E-state index < -0.39 is 18.0 Å². The Labute approximate surface area is 159 Å². The van der Waals surface area contributed by atoms with Crippen LogP contribution in [0, 0.1) is 0 Å². The van der Waals surface area contributed by atoms with E-state index in [1.165, 1.54) is 0 Å². The molecular formula is C20H18N4O4. The van der Waals surface area contributed by atoms with Crippen LogP contribution < -0.4 is 11.1 Å². The van der Waals surface area contributed by atoms with Gasteiger partial charge in [-0.05, 0) is 17.2 Å². The zero-order valence-electron chi connectivity index (χ0n) is 14.8. The van der Waals surface area contributed by atoms with Crippen LogP contribution in [0.3, 0.4) is 0 Å². The van der Waals surface area contributed by atoms with Gasteiger partial charge in [-0.3, -0.25) is 0 Å². The van der Waals surface area contributed by atoms with Gasteiger partial charge in [0.1, 0.15) is 0 Å². The number of hydrogen-bond donors (Lipinski definition) is 3. The van der Waals surface area contributed by atoms with Crippen LogP contribution in [0.1, 0.15) is 23.1 Å². The summed E-state index contributed by atoms with van der Waals surface area (Å²) in [7, 11) is 0. The van der Waals surface area contributed by atoms with Crippen LogP contribution in [-0.4, -0.2) is 21.3 Å². The Morgan fingerprint density at radius 1 is 1.14 bits per heavy atom. The predicted molar refractivity (Wildman–Crippen MR) is 102 cm³/mol. The number of aromatic amines is 2. The molecule has 2 heterocycles. The van der Waals surface area contributed by atoms with E-state index in [4.69, 9.17) is 9.15 Å². The molecule has 1 amide bonds. The fourth-order valence-corrected chi connectivity index (χ4v) is 3.00. The Morgan fingerprint density at radius 2 is 1.93 bits per heavy atom. The summed E-state index contributed by atoms with van der Waals surface area (Å²) in [6.45, 7) is 0.323. The van der Waals surface area contributed by atoms with E-state index in [1.807, 2.05) is 60.8 Å². The Balaban J connectivity index is 1.51. The van der Waals surface area contributed by atoms with Crippen molar-refractivity contribution in [2.24, 2.45) is 0 Å². The SMILES string of the molecule is O=C(NCc1ccccc1)O[C@@H](Cc1c[nH]c2ccccc12)c1n[nH]c(=O)o1. The molecule has 0 fully saturated rings. The standard InChI is InChI=1S/C20H18N4O4/c25-19(22-11-13-6-2-1-3-7-13)27-17(18-23-24-20(26)28-18)10-14-12-21-16-9-5-4-8-15(14)16/h1-9,12,17,21H,10-11H2,(H,22,25)(H,24,26)/t17-/m0/s1. The van der Waals surface area contributed by atoms with Crippen molar-refractivity contribution in [1.29, 1.82) is 0 Å². The number of hydrogen-bond acceptors (Lipinski definition) is 5. The highest BCUT2D eigenvalue weighted by molar-refractivity contribution is 5.83. The molecule has 0 saturated carbocycles. The van der Waals surface area contributed by atoms with Crippen LogP contribution in [0.5, 0.6) is 0 Å². The van der Waals surface area contributed by atoms with Crippen molar-refractivity contribution in [2.75, 3.05) is 0 Å². The van der Waals surface area contributed by atoms with Crippen LogP contribution in [0.4, 0.5) is 4.79 Å². The predicted octanol–water partition coefficient (Wildman–Crippen LogP) is 3.05. The summed E-state index contributed by atoms with van der Waals surface area (Å²) in [5, 5.41) is 9.73. The van der Waals surface area contributed by atoms with Gasteiger partial charge in [-0.1, -0.05) is 48.5 Å². The number of nitrogens with zero attached hydrogens (tertiary/aromatic N) is 1. The number of alkyl carbamates (subject to hydrolysis) is 1. The second kappa shape index (κ2) is 7.83. The van der Waals surface area contributed by atoms with Crippen LogP contribution in [-0.2, 0) is 17.7 Å². The van der Waals surface area contributed by atoms with E-state index in [1.54, 1.807) is 0 Å². The summed E-state index contributed by atoms with van der Waals surface area (Å²) >= 11 is 0. The highest BCUT2D eigenvalue weighted by atomic mass is 16.6. The maximum atomic E-state index is 12.3. The summed E-state index contributed by atoms with van der Waals surface area (Å²) in [6, 6.07) is 17.3. The van der Waals surface area contributed by atoms with Gasteiger partial charge in [0.15, 0.2) is 6.10 Å². The van der Waals surface area contributed by atoms with E-state index in [-0.39, 0.29) is 5.89 Å². The van der Waals surface area contributed by atoms with Gasteiger partial charge in [-0.2, -0.15) is 0 Å². The van der Waals surface area contributed by atoms with Gasteiger partial charge in [-0.25, -0.2) is 14.7 Å². The highest BCUT2D eigenvalue weighted by Gasteiger charge is 2.24. The average Bonchev–Trinajstić information content (AvgIpc) is 3.33.